The molecule has 0 saturated carbocycles. The number of nitrogens with zero attached hydrogens (tertiary/aromatic N) is 4. The summed E-state index contributed by atoms with van der Waals surface area (Å²) in [5, 5.41) is 10.3. The minimum atomic E-state index is -0.444. The van der Waals surface area contributed by atoms with Crippen LogP contribution in [0.3, 0.4) is 0 Å². The van der Waals surface area contributed by atoms with Crippen molar-refractivity contribution in [1.82, 2.24) is 14.1 Å². The summed E-state index contributed by atoms with van der Waals surface area (Å²) in [7, 11) is 0. The van der Waals surface area contributed by atoms with Crippen LogP contribution >= 0.6 is 0 Å². The zero-order chi connectivity index (χ0) is 17.3. The summed E-state index contributed by atoms with van der Waals surface area (Å²) >= 11 is 0. The molecule has 0 aliphatic heterocycles. The molecule has 0 spiro atoms. The Kier molecular flexibility index (Phi) is 4.09. The number of hydrogen-bond acceptors (Lipinski definition) is 4. The zero-order valence-electron chi connectivity index (χ0n) is 13.9. The van der Waals surface area contributed by atoms with Crippen molar-refractivity contribution in [2.24, 2.45) is 0 Å². The highest BCUT2D eigenvalue weighted by Crippen LogP contribution is 2.26. The van der Waals surface area contributed by atoms with E-state index < -0.39 is 5.97 Å². The summed E-state index contributed by atoms with van der Waals surface area (Å²) in [6, 6.07) is 8.37. The van der Waals surface area contributed by atoms with Crippen molar-refractivity contribution in [1.29, 1.82) is 5.26 Å². The number of benzene rings is 1. The van der Waals surface area contributed by atoms with Gasteiger partial charge < -0.3 is 13.9 Å². The van der Waals surface area contributed by atoms with Gasteiger partial charge in [-0.15, -0.1) is 0 Å². The van der Waals surface area contributed by atoms with E-state index in [9.17, 15) is 10.1 Å². The molecular formula is C18H18N4O2. The lowest BCUT2D eigenvalue weighted by molar-refractivity contribution is 0.0520. The molecule has 6 heteroatoms. The lowest BCUT2D eigenvalue weighted by Gasteiger charge is -2.09. The van der Waals surface area contributed by atoms with Crippen molar-refractivity contribution in [3.63, 3.8) is 0 Å². The lowest BCUT2D eigenvalue weighted by Crippen LogP contribution is -2.04. The highest BCUT2D eigenvalue weighted by atomic mass is 16.5. The molecule has 2 aromatic heterocycles. The zero-order valence-corrected chi connectivity index (χ0v) is 13.9. The van der Waals surface area contributed by atoms with Crippen molar-refractivity contribution in [3.8, 4) is 11.8 Å². The number of rotatable bonds is 4. The highest BCUT2D eigenvalue weighted by molar-refractivity contribution is 5.89. The summed E-state index contributed by atoms with van der Waals surface area (Å²) in [5.41, 5.74) is 2.74. The first-order valence-electron chi connectivity index (χ1n) is 7.81. The summed E-state index contributed by atoms with van der Waals surface area (Å²) in [6.07, 6.45) is 5.07. The van der Waals surface area contributed by atoms with Gasteiger partial charge in [-0.05, 0) is 39.0 Å². The third-order valence-electron chi connectivity index (χ3n) is 3.86. The molecular weight excluding hydrogens is 304 g/mol. The van der Waals surface area contributed by atoms with Crippen LogP contribution in [0.5, 0.6) is 0 Å². The predicted octanol–water partition coefficient (Wildman–Crippen LogP) is 3.46. The van der Waals surface area contributed by atoms with Gasteiger partial charge in [0.15, 0.2) is 5.69 Å². The fourth-order valence-corrected chi connectivity index (χ4v) is 2.69. The molecule has 0 radical (unpaired) electrons. The van der Waals surface area contributed by atoms with Crippen molar-refractivity contribution >= 4 is 16.9 Å². The van der Waals surface area contributed by atoms with Crippen LogP contribution in [0.1, 0.15) is 42.9 Å². The van der Waals surface area contributed by atoms with Crippen LogP contribution in [0, 0.1) is 11.3 Å². The van der Waals surface area contributed by atoms with Crippen molar-refractivity contribution in [3.05, 3.63) is 48.2 Å². The maximum absolute atomic E-state index is 11.7. The van der Waals surface area contributed by atoms with Gasteiger partial charge in [0.1, 0.15) is 12.4 Å². The van der Waals surface area contributed by atoms with E-state index >= 15 is 0 Å². The summed E-state index contributed by atoms with van der Waals surface area (Å²) in [6.45, 7) is 6.23. The fraction of sp³-hybridized carbons (Fsp3) is 0.278. The van der Waals surface area contributed by atoms with Gasteiger partial charge in [-0.25, -0.2) is 9.78 Å². The average Bonchev–Trinajstić information content (AvgIpc) is 3.19. The van der Waals surface area contributed by atoms with Crippen molar-refractivity contribution in [2.45, 2.75) is 26.8 Å². The molecule has 0 bridgehead atoms. The number of carbonyl (C=O) groups excluding carboxylic acids is 1. The van der Waals surface area contributed by atoms with Crippen LogP contribution in [0.15, 0.2) is 36.9 Å². The molecule has 0 amide bonds. The van der Waals surface area contributed by atoms with Crippen LogP contribution in [0.2, 0.25) is 0 Å². The van der Waals surface area contributed by atoms with E-state index in [1.807, 2.05) is 24.4 Å². The topological polar surface area (TPSA) is 72.8 Å². The van der Waals surface area contributed by atoms with E-state index in [1.54, 1.807) is 24.0 Å². The van der Waals surface area contributed by atoms with Crippen LogP contribution in [0.25, 0.3) is 16.6 Å². The molecule has 0 fully saturated rings. The standard InChI is InChI=1S/C18H18N4O2/c1-4-24-18(23)16-10-21(11-20-16)14-5-6-17-15(7-14)13(8-19)9-22(17)12(2)3/h5-7,9-12H,4H2,1-3H3. The Labute approximate surface area is 139 Å². The Morgan fingerprint density at radius 1 is 1.38 bits per heavy atom. The van der Waals surface area contributed by atoms with E-state index in [4.69, 9.17) is 4.74 Å². The van der Waals surface area contributed by atoms with E-state index in [0.29, 0.717) is 12.2 Å². The van der Waals surface area contributed by atoms with Crippen LogP contribution < -0.4 is 0 Å². The molecule has 2 heterocycles. The Bertz CT molecular complexity index is 944. The Balaban J connectivity index is 2.06. The molecule has 0 aliphatic rings. The quantitative estimate of drug-likeness (QED) is 0.690. The number of carbonyl (C=O) groups is 1. The highest BCUT2D eigenvalue weighted by Gasteiger charge is 2.14. The summed E-state index contributed by atoms with van der Waals surface area (Å²) in [4.78, 5) is 15.8. The second kappa shape index (κ2) is 6.20. The van der Waals surface area contributed by atoms with Gasteiger partial charge in [-0.3, -0.25) is 0 Å². The molecule has 24 heavy (non-hydrogen) atoms. The van der Waals surface area contributed by atoms with Crippen LogP contribution in [-0.4, -0.2) is 26.7 Å². The molecule has 0 N–H and O–H groups in total. The average molecular weight is 322 g/mol. The van der Waals surface area contributed by atoms with E-state index in [0.717, 1.165) is 16.6 Å². The maximum Gasteiger partial charge on any atom is 0.358 e. The first-order valence-corrected chi connectivity index (χ1v) is 7.81. The normalized spacial score (nSPS) is 11.0. The van der Waals surface area contributed by atoms with E-state index in [1.165, 1.54) is 0 Å². The molecule has 0 atom stereocenters. The molecule has 0 saturated heterocycles. The van der Waals surface area contributed by atoms with Crippen molar-refractivity contribution in [2.75, 3.05) is 6.61 Å². The minimum Gasteiger partial charge on any atom is -0.461 e. The lowest BCUT2D eigenvalue weighted by atomic mass is 10.1. The number of imidazole rings is 1. The molecule has 122 valence electrons. The molecule has 3 rings (SSSR count). The van der Waals surface area contributed by atoms with Gasteiger partial charge in [-0.1, -0.05) is 0 Å². The van der Waals surface area contributed by atoms with Crippen LogP contribution in [0.4, 0.5) is 0 Å². The van der Waals surface area contributed by atoms with Gasteiger partial charge in [0, 0.05) is 35.0 Å². The van der Waals surface area contributed by atoms with Crippen LogP contribution in [-0.2, 0) is 4.74 Å². The first-order chi connectivity index (χ1) is 11.5. The van der Waals surface area contributed by atoms with E-state index in [-0.39, 0.29) is 11.7 Å². The number of fused-ring (bicyclic) bond motifs is 1. The monoisotopic (exact) mass is 322 g/mol. The molecule has 6 nitrogen and oxygen atoms in total. The molecule has 3 aromatic rings. The predicted molar refractivity (Wildman–Crippen MR) is 90.1 cm³/mol. The minimum absolute atomic E-state index is 0.261. The third kappa shape index (κ3) is 2.65. The Morgan fingerprint density at radius 3 is 2.83 bits per heavy atom. The van der Waals surface area contributed by atoms with E-state index in [2.05, 4.69) is 29.5 Å². The smallest absolute Gasteiger partial charge is 0.358 e. The van der Waals surface area contributed by atoms with Crippen molar-refractivity contribution < 1.29 is 9.53 Å². The fourth-order valence-electron chi connectivity index (χ4n) is 2.69. The maximum atomic E-state index is 11.7. The second-order valence-electron chi connectivity index (χ2n) is 5.74. The number of aromatic nitrogens is 3. The Morgan fingerprint density at radius 2 is 2.17 bits per heavy atom. The number of nitriles is 1. The van der Waals surface area contributed by atoms with Gasteiger partial charge >= 0.3 is 5.97 Å². The van der Waals surface area contributed by atoms with Gasteiger partial charge in [0.25, 0.3) is 0 Å². The summed E-state index contributed by atoms with van der Waals surface area (Å²) in [5.74, 6) is -0.444. The SMILES string of the molecule is CCOC(=O)c1cn(-c2ccc3c(c2)c(C#N)cn3C(C)C)cn1. The second-order valence-corrected chi connectivity index (χ2v) is 5.74. The first kappa shape index (κ1) is 15.8. The number of ether oxygens (including phenoxy) is 1. The molecule has 1 aromatic carbocycles. The number of hydrogen-bond donors (Lipinski definition) is 0. The number of esters is 1. The third-order valence-corrected chi connectivity index (χ3v) is 3.86. The summed E-state index contributed by atoms with van der Waals surface area (Å²) < 4.78 is 8.78. The van der Waals surface area contributed by atoms with Gasteiger partial charge in [-0.2, -0.15) is 5.26 Å². The molecule has 0 unspecified atom stereocenters. The molecule has 0 aliphatic carbocycles. The van der Waals surface area contributed by atoms with Gasteiger partial charge in [0.2, 0.25) is 0 Å². The van der Waals surface area contributed by atoms with Gasteiger partial charge in [0.05, 0.1) is 12.2 Å². The Hall–Kier alpha value is -3.07. The largest absolute Gasteiger partial charge is 0.461 e.